The summed E-state index contributed by atoms with van der Waals surface area (Å²) in [6.45, 7) is 0. The molecule has 1 aliphatic carbocycles. The number of anilines is 1. The number of urea groups is 1. The highest BCUT2D eigenvalue weighted by Crippen LogP contribution is 2.34. The molecule has 0 saturated heterocycles. The smallest absolute Gasteiger partial charge is 0.418 e. The van der Waals surface area contributed by atoms with Gasteiger partial charge in [-0.15, -0.1) is 0 Å². The first kappa shape index (κ1) is 21.0. The van der Waals surface area contributed by atoms with Crippen LogP contribution in [0.15, 0.2) is 48.5 Å². The van der Waals surface area contributed by atoms with Crippen molar-refractivity contribution in [3.8, 4) is 5.75 Å². The number of ether oxygens (including phenoxy) is 1. The van der Waals surface area contributed by atoms with Crippen LogP contribution in [0, 0.1) is 5.82 Å². The van der Waals surface area contributed by atoms with E-state index in [4.69, 9.17) is 4.74 Å². The topological polar surface area (TPSA) is 50.4 Å². The van der Waals surface area contributed by atoms with Crippen LogP contribution in [0.2, 0.25) is 0 Å². The van der Waals surface area contributed by atoms with Crippen LogP contribution in [0.5, 0.6) is 5.75 Å². The van der Waals surface area contributed by atoms with E-state index in [2.05, 4.69) is 10.6 Å². The molecule has 0 heterocycles. The number of carbonyl (C=O) groups excluding carboxylic acids is 1. The third-order valence-electron chi connectivity index (χ3n) is 4.85. The maximum Gasteiger partial charge on any atom is 0.418 e. The van der Waals surface area contributed by atoms with Crippen molar-refractivity contribution in [2.24, 2.45) is 0 Å². The van der Waals surface area contributed by atoms with E-state index in [0.29, 0.717) is 25.0 Å². The van der Waals surface area contributed by atoms with E-state index in [1.807, 2.05) is 0 Å². The van der Waals surface area contributed by atoms with Gasteiger partial charge in [0.25, 0.3) is 0 Å². The molecule has 0 aliphatic heterocycles. The predicted octanol–water partition coefficient (Wildman–Crippen LogP) is 5.75. The number of alkyl halides is 3. The molecule has 29 heavy (non-hydrogen) atoms. The van der Waals surface area contributed by atoms with Crippen LogP contribution in [0.4, 0.5) is 28.0 Å². The molecule has 1 aliphatic rings. The average Bonchev–Trinajstić information content (AvgIpc) is 2.88. The van der Waals surface area contributed by atoms with Gasteiger partial charge in [-0.05, 0) is 68.5 Å². The zero-order valence-electron chi connectivity index (χ0n) is 15.6. The summed E-state index contributed by atoms with van der Waals surface area (Å²) in [6, 6.07) is 9.86. The number of halogens is 4. The lowest BCUT2D eigenvalue weighted by molar-refractivity contribution is -0.136. The molecule has 0 aromatic heterocycles. The minimum Gasteiger partial charge on any atom is -0.490 e. The Bertz CT molecular complexity index is 824. The van der Waals surface area contributed by atoms with E-state index in [0.717, 1.165) is 18.9 Å². The van der Waals surface area contributed by atoms with Crippen molar-refractivity contribution in [1.29, 1.82) is 0 Å². The van der Waals surface area contributed by atoms with Gasteiger partial charge in [-0.2, -0.15) is 13.2 Å². The second kappa shape index (κ2) is 9.15. The molecule has 156 valence electrons. The van der Waals surface area contributed by atoms with Crippen LogP contribution in [0.3, 0.4) is 0 Å². The molecule has 2 aromatic rings. The molecule has 0 bridgehead atoms. The van der Waals surface area contributed by atoms with Crippen molar-refractivity contribution in [3.05, 3.63) is 59.9 Å². The molecule has 2 aromatic carbocycles. The molecule has 0 spiro atoms. The fourth-order valence-corrected chi connectivity index (χ4v) is 3.42. The van der Waals surface area contributed by atoms with Crippen LogP contribution >= 0.6 is 0 Å². The molecular weight excluding hydrogens is 388 g/mol. The number of amides is 2. The highest BCUT2D eigenvalue weighted by Gasteiger charge is 2.33. The summed E-state index contributed by atoms with van der Waals surface area (Å²) in [5.41, 5.74) is -1.16. The minimum absolute atomic E-state index is 0.0544. The lowest BCUT2D eigenvalue weighted by atomic mass is 10.1. The normalized spacial score (nSPS) is 19.9. The van der Waals surface area contributed by atoms with Gasteiger partial charge in [0.2, 0.25) is 0 Å². The Morgan fingerprint density at radius 1 is 0.966 bits per heavy atom. The fraction of sp³-hybridized carbons (Fsp3) is 0.381. The van der Waals surface area contributed by atoms with Crippen LogP contribution < -0.4 is 15.4 Å². The number of rotatable bonds is 4. The minimum atomic E-state index is -4.54. The Morgan fingerprint density at radius 3 is 2.41 bits per heavy atom. The Morgan fingerprint density at radius 2 is 1.69 bits per heavy atom. The van der Waals surface area contributed by atoms with Crippen molar-refractivity contribution < 1.29 is 27.1 Å². The molecule has 3 rings (SSSR count). The highest BCUT2D eigenvalue weighted by molar-refractivity contribution is 5.90. The average molecular weight is 410 g/mol. The van der Waals surface area contributed by atoms with E-state index in [1.165, 1.54) is 30.3 Å². The van der Waals surface area contributed by atoms with Crippen LogP contribution in [0.1, 0.15) is 37.7 Å². The molecular formula is C21H22F4N2O2. The lowest BCUT2D eigenvalue weighted by Gasteiger charge is -2.19. The largest absolute Gasteiger partial charge is 0.490 e. The van der Waals surface area contributed by atoms with Gasteiger partial charge in [-0.25, -0.2) is 9.18 Å². The van der Waals surface area contributed by atoms with Crippen molar-refractivity contribution in [3.63, 3.8) is 0 Å². The zero-order valence-corrected chi connectivity index (χ0v) is 15.6. The van der Waals surface area contributed by atoms with Crippen molar-refractivity contribution >= 4 is 11.7 Å². The van der Waals surface area contributed by atoms with Gasteiger partial charge >= 0.3 is 12.2 Å². The third kappa shape index (κ3) is 6.10. The number of carbonyl (C=O) groups is 1. The van der Waals surface area contributed by atoms with Gasteiger partial charge in [0.05, 0.1) is 17.4 Å². The number of hydrogen-bond acceptors (Lipinski definition) is 2. The van der Waals surface area contributed by atoms with E-state index >= 15 is 0 Å². The molecule has 2 amide bonds. The van der Waals surface area contributed by atoms with Crippen LogP contribution in [-0.2, 0) is 6.18 Å². The monoisotopic (exact) mass is 410 g/mol. The molecule has 2 atom stereocenters. The van der Waals surface area contributed by atoms with Gasteiger partial charge < -0.3 is 15.4 Å². The first-order chi connectivity index (χ1) is 13.8. The molecule has 0 radical (unpaired) electrons. The second-order valence-electron chi connectivity index (χ2n) is 7.04. The predicted molar refractivity (Wildman–Crippen MR) is 101 cm³/mol. The fourth-order valence-electron chi connectivity index (χ4n) is 3.42. The van der Waals surface area contributed by atoms with Crippen LogP contribution in [0.25, 0.3) is 0 Å². The quantitative estimate of drug-likeness (QED) is 0.498. The molecule has 1 saturated carbocycles. The second-order valence-corrected chi connectivity index (χ2v) is 7.04. The zero-order chi connectivity index (χ0) is 20.9. The summed E-state index contributed by atoms with van der Waals surface area (Å²) < 4.78 is 58.0. The van der Waals surface area contributed by atoms with Gasteiger partial charge in [0.15, 0.2) is 0 Å². The maximum absolute atomic E-state index is 13.0. The van der Waals surface area contributed by atoms with Crippen molar-refractivity contribution in [2.45, 2.75) is 50.4 Å². The summed E-state index contributed by atoms with van der Waals surface area (Å²) >= 11 is 0. The van der Waals surface area contributed by atoms with Crippen molar-refractivity contribution in [1.82, 2.24) is 5.32 Å². The Labute approximate surface area is 166 Å². The van der Waals surface area contributed by atoms with Crippen LogP contribution in [-0.4, -0.2) is 18.2 Å². The van der Waals surface area contributed by atoms with Gasteiger partial charge in [-0.1, -0.05) is 12.1 Å². The number of para-hydroxylation sites is 1. The van der Waals surface area contributed by atoms with E-state index in [-0.39, 0.29) is 23.7 Å². The summed E-state index contributed by atoms with van der Waals surface area (Å²) in [4.78, 5) is 12.2. The van der Waals surface area contributed by atoms with Gasteiger partial charge in [0, 0.05) is 6.04 Å². The molecule has 8 heteroatoms. The maximum atomic E-state index is 13.0. The molecule has 4 nitrogen and oxygen atoms in total. The Balaban J connectivity index is 1.52. The lowest BCUT2D eigenvalue weighted by Crippen LogP contribution is -2.38. The highest BCUT2D eigenvalue weighted by atomic mass is 19.4. The molecule has 1 fully saturated rings. The summed E-state index contributed by atoms with van der Waals surface area (Å²) in [6.07, 6.45) is -0.985. The van der Waals surface area contributed by atoms with E-state index in [1.54, 1.807) is 12.1 Å². The first-order valence-electron chi connectivity index (χ1n) is 9.47. The number of hydrogen-bond donors (Lipinski definition) is 2. The first-order valence-corrected chi connectivity index (χ1v) is 9.47. The number of benzene rings is 2. The summed E-state index contributed by atoms with van der Waals surface area (Å²) in [5, 5.41) is 5.06. The molecule has 2 unspecified atom stereocenters. The third-order valence-corrected chi connectivity index (χ3v) is 4.85. The number of nitrogens with one attached hydrogen (secondary N) is 2. The summed E-state index contributed by atoms with van der Waals surface area (Å²) in [7, 11) is 0. The Hall–Kier alpha value is -2.77. The standard InChI is InChI=1S/C21H22F4N2O2/c22-14-8-11-17(12-9-14)29-16-5-3-4-15(10-13-16)26-20(28)27-19-7-2-1-6-18(19)21(23,24)25/h1-2,6-9,11-12,15-16H,3-5,10,13H2,(H2,26,27,28). The van der Waals surface area contributed by atoms with Gasteiger partial charge in [0.1, 0.15) is 11.6 Å². The molecule has 2 N–H and O–H groups in total. The van der Waals surface area contributed by atoms with E-state index in [9.17, 15) is 22.4 Å². The van der Waals surface area contributed by atoms with Gasteiger partial charge in [-0.3, -0.25) is 0 Å². The van der Waals surface area contributed by atoms with E-state index < -0.39 is 17.8 Å². The SMILES string of the molecule is O=C(Nc1ccccc1C(F)(F)F)NC1CCCC(Oc2ccc(F)cc2)CC1. The summed E-state index contributed by atoms with van der Waals surface area (Å²) in [5.74, 6) is 0.255. The van der Waals surface area contributed by atoms with Crippen molar-refractivity contribution in [2.75, 3.05) is 5.32 Å². The Kier molecular flexibility index (Phi) is 6.61.